The van der Waals surface area contributed by atoms with E-state index in [4.69, 9.17) is 16.3 Å². The molecule has 166 valence electrons. The Morgan fingerprint density at radius 2 is 1.71 bits per heavy atom. The maximum absolute atomic E-state index is 12.3. The van der Waals surface area contributed by atoms with Crippen LogP contribution in [0.15, 0.2) is 36.4 Å². The summed E-state index contributed by atoms with van der Waals surface area (Å²) in [4.78, 5) is 28.6. The first-order chi connectivity index (χ1) is 14.7. The van der Waals surface area contributed by atoms with Gasteiger partial charge in [-0.15, -0.1) is 0 Å². The summed E-state index contributed by atoms with van der Waals surface area (Å²) in [7, 11) is 0. The first-order valence-electron chi connectivity index (χ1n) is 10.6. The summed E-state index contributed by atoms with van der Waals surface area (Å²) in [6.07, 6.45) is 0. The Morgan fingerprint density at radius 1 is 1.06 bits per heavy atom. The van der Waals surface area contributed by atoms with Crippen LogP contribution in [0.4, 0.5) is 11.4 Å². The molecule has 3 rings (SSSR count). The van der Waals surface area contributed by atoms with Crippen LogP contribution >= 0.6 is 11.6 Å². The molecule has 1 saturated heterocycles. The van der Waals surface area contributed by atoms with Gasteiger partial charge in [-0.1, -0.05) is 31.5 Å². The van der Waals surface area contributed by atoms with Crippen LogP contribution in [0.2, 0.25) is 5.02 Å². The highest BCUT2D eigenvalue weighted by Crippen LogP contribution is 2.29. The second kappa shape index (κ2) is 10.1. The number of carbonyl (C=O) groups excluding carboxylic acids is 2. The maximum atomic E-state index is 12.3. The lowest BCUT2D eigenvalue weighted by Gasteiger charge is -2.37. The van der Waals surface area contributed by atoms with E-state index < -0.39 is 0 Å². The predicted molar refractivity (Wildman–Crippen MR) is 125 cm³/mol. The number of rotatable bonds is 6. The van der Waals surface area contributed by atoms with E-state index in [1.54, 1.807) is 0 Å². The molecule has 31 heavy (non-hydrogen) atoms. The number of piperazine rings is 1. The first kappa shape index (κ1) is 22.9. The lowest BCUT2D eigenvalue weighted by molar-refractivity contribution is -0.134. The molecule has 0 atom stereocenters. The first-order valence-corrected chi connectivity index (χ1v) is 11.0. The van der Waals surface area contributed by atoms with E-state index >= 15 is 0 Å². The summed E-state index contributed by atoms with van der Waals surface area (Å²) >= 11 is 6.23. The van der Waals surface area contributed by atoms with Crippen molar-refractivity contribution >= 4 is 34.8 Å². The monoisotopic (exact) mass is 443 g/mol. The van der Waals surface area contributed by atoms with E-state index in [-0.39, 0.29) is 24.3 Å². The molecule has 0 radical (unpaired) electrons. The molecule has 2 amide bonds. The Balaban J connectivity index is 1.51. The smallest absolute Gasteiger partial charge is 0.262 e. The fraction of sp³-hybridized carbons (Fsp3) is 0.417. The molecular formula is C24H30ClN3O3. The highest BCUT2D eigenvalue weighted by atomic mass is 35.5. The number of benzene rings is 2. The highest BCUT2D eigenvalue weighted by Gasteiger charge is 2.23. The molecule has 1 heterocycles. The number of halogens is 1. The number of anilines is 2. The molecule has 0 aromatic heterocycles. The zero-order valence-corrected chi connectivity index (χ0v) is 19.3. The van der Waals surface area contributed by atoms with Gasteiger partial charge in [0.1, 0.15) is 5.75 Å². The van der Waals surface area contributed by atoms with Crippen LogP contribution in [0.3, 0.4) is 0 Å². The Hall–Kier alpha value is -2.73. The van der Waals surface area contributed by atoms with Crippen LogP contribution in [0, 0.1) is 19.8 Å². The van der Waals surface area contributed by atoms with Gasteiger partial charge < -0.3 is 19.9 Å². The predicted octanol–water partition coefficient (Wildman–Crippen LogP) is 4.28. The molecule has 0 spiro atoms. The molecule has 0 saturated carbocycles. The summed E-state index contributed by atoms with van der Waals surface area (Å²) < 4.78 is 5.64. The third-order valence-electron chi connectivity index (χ3n) is 5.32. The van der Waals surface area contributed by atoms with E-state index in [2.05, 4.69) is 10.2 Å². The molecule has 1 N–H and O–H groups in total. The average Bonchev–Trinajstić information content (AvgIpc) is 2.73. The van der Waals surface area contributed by atoms with E-state index in [0.29, 0.717) is 16.5 Å². The van der Waals surface area contributed by atoms with Crippen molar-refractivity contribution in [2.45, 2.75) is 27.7 Å². The van der Waals surface area contributed by atoms with Crippen LogP contribution in [0.1, 0.15) is 25.0 Å². The fourth-order valence-electron chi connectivity index (χ4n) is 3.73. The molecule has 7 heteroatoms. The number of aryl methyl sites for hydroxylation is 2. The number of nitrogens with one attached hydrogen (secondary N) is 1. The van der Waals surface area contributed by atoms with Gasteiger partial charge in [-0.05, 0) is 55.3 Å². The lowest BCUT2D eigenvalue weighted by atomic mass is 10.1. The van der Waals surface area contributed by atoms with Gasteiger partial charge in [0.15, 0.2) is 6.61 Å². The topological polar surface area (TPSA) is 61.9 Å². The van der Waals surface area contributed by atoms with Crippen molar-refractivity contribution in [3.8, 4) is 5.75 Å². The van der Waals surface area contributed by atoms with Crippen molar-refractivity contribution in [3.63, 3.8) is 0 Å². The Bertz CT molecular complexity index is 913. The van der Waals surface area contributed by atoms with Gasteiger partial charge in [0, 0.05) is 43.5 Å². The molecule has 2 aromatic carbocycles. The molecule has 0 aliphatic carbocycles. The molecule has 1 aliphatic rings. The minimum absolute atomic E-state index is 0.0318. The van der Waals surface area contributed by atoms with Crippen molar-refractivity contribution in [2.24, 2.45) is 5.92 Å². The van der Waals surface area contributed by atoms with Crippen molar-refractivity contribution in [1.29, 1.82) is 0 Å². The van der Waals surface area contributed by atoms with Crippen LogP contribution in [0.25, 0.3) is 0 Å². The summed E-state index contributed by atoms with van der Waals surface area (Å²) in [5.41, 5.74) is 3.73. The quantitative estimate of drug-likeness (QED) is 0.723. The summed E-state index contributed by atoms with van der Waals surface area (Å²) in [6.45, 7) is 10.7. The number of ether oxygens (including phenoxy) is 1. The third-order valence-corrected chi connectivity index (χ3v) is 5.60. The molecule has 0 bridgehead atoms. The number of amides is 2. The SMILES string of the molecule is Cc1cc(C)c(OCC(=O)Nc2ccc(N3CCN(C(=O)C(C)C)CC3)cc2)c(Cl)c1. The highest BCUT2D eigenvalue weighted by molar-refractivity contribution is 6.32. The average molecular weight is 444 g/mol. The van der Waals surface area contributed by atoms with Gasteiger partial charge in [0.2, 0.25) is 5.91 Å². The third kappa shape index (κ3) is 5.91. The molecule has 6 nitrogen and oxygen atoms in total. The molecule has 1 aliphatic heterocycles. The Morgan fingerprint density at radius 3 is 2.29 bits per heavy atom. The maximum Gasteiger partial charge on any atom is 0.262 e. The van der Waals surface area contributed by atoms with E-state index in [0.717, 1.165) is 43.0 Å². The number of nitrogens with zero attached hydrogens (tertiary/aromatic N) is 2. The van der Waals surface area contributed by atoms with Gasteiger partial charge in [-0.25, -0.2) is 0 Å². The van der Waals surface area contributed by atoms with Crippen molar-refractivity contribution in [3.05, 3.63) is 52.5 Å². The van der Waals surface area contributed by atoms with E-state index in [9.17, 15) is 9.59 Å². The summed E-state index contributed by atoms with van der Waals surface area (Å²) in [5, 5.41) is 3.35. The van der Waals surface area contributed by atoms with Crippen LogP contribution in [-0.2, 0) is 9.59 Å². The summed E-state index contributed by atoms with van der Waals surface area (Å²) in [5.74, 6) is 0.531. The largest absolute Gasteiger partial charge is 0.482 e. The Labute approximate surface area is 189 Å². The van der Waals surface area contributed by atoms with Crippen molar-refractivity contribution in [2.75, 3.05) is 43.0 Å². The van der Waals surface area contributed by atoms with E-state index in [1.165, 1.54) is 0 Å². The second-order valence-electron chi connectivity index (χ2n) is 8.24. The zero-order chi connectivity index (χ0) is 22.5. The van der Waals surface area contributed by atoms with Crippen LogP contribution in [-0.4, -0.2) is 49.5 Å². The minimum Gasteiger partial charge on any atom is -0.482 e. The molecular weight excluding hydrogens is 414 g/mol. The molecule has 0 unspecified atom stereocenters. The fourth-order valence-corrected chi connectivity index (χ4v) is 4.10. The van der Waals surface area contributed by atoms with Crippen LogP contribution < -0.4 is 15.0 Å². The minimum atomic E-state index is -0.246. The number of hydrogen-bond acceptors (Lipinski definition) is 4. The second-order valence-corrected chi connectivity index (χ2v) is 8.65. The standard InChI is InChI=1S/C24H30ClN3O3/c1-16(2)24(30)28-11-9-27(10-12-28)20-7-5-19(6-8-20)26-22(29)15-31-23-18(4)13-17(3)14-21(23)25/h5-8,13-14,16H,9-12,15H2,1-4H3,(H,26,29). The Kier molecular flexibility index (Phi) is 7.44. The van der Waals surface area contributed by atoms with Gasteiger partial charge >= 0.3 is 0 Å². The van der Waals surface area contributed by atoms with E-state index in [1.807, 2.05) is 69.0 Å². The molecule has 1 fully saturated rings. The summed E-state index contributed by atoms with van der Waals surface area (Å²) in [6, 6.07) is 11.5. The molecule has 2 aromatic rings. The van der Waals surface area contributed by atoms with Crippen molar-refractivity contribution in [1.82, 2.24) is 4.90 Å². The zero-order valence-electron chi connectivity index (χ0n) is 18.6. The number of carbonyl (C=O) groups is 2. The lowest BCUT2D eigenvalue weighted by Crippen LogP contribution is -2.49. The van der Waals surface area contributed by atoms with Gasteiger partial charge in [-0.2, -0.15) is 0 Å². The van der Waals surface area contributed by atoms with Gasteiger partial charge in [0.25, 0.3) is 5.91 Å². The van der Waals surface area contributed by atoms with Gasteiger partial charge in [-0.3, -0.25) is 9.59 Å². The van der Waals surface area contributed by atoms with Crippen LogP contribution in [0.5, 0.6) is 5.75 Å². The number of hydrogen-bond donors (Lipinski definition) is 1. The van der Waals surface area contributed by atoms with Gasteiger partial charge in [0.05, 0.1) is 5.02 Å². The van der Waals surface area contributed by atoms with Crippen molar-refractivity contribution < 1.29 is 14.3 Å². The normalized spacial score (nSPS) is 14.0.